The van der Waals surface area contributed by atoms with E-state index in [1.165, 1.54) is 91.6 Å². The molecule has 4 N–H and O–H groups in total. The lowest BCUT2D eigenvalue weighted by Gasteiger charge is -2.18. The van der Waals surface area contributed by atoms with Gasteiger partial charge in [-0.25, -0.2) is 19.2 Å². The third-order valence-electron chi connectivity index (χ3n) is 10.3. The van der Waals surface area contributed by atoms with Gasteiger partial charge in [0, 0.05) is 25.1 Å². The minimum absolute atomic E-state index is 0.0587. The van der Waals surface area contributed by atoms with Crippen molar-refractivity contribution in [1.29, 1.82) is 0 Å². The lowest BCUT2D eigenvalue weighted by Crippen LogP contribution is -2.07. The smallest absolute Gasteiger partial charge is 0.336 e. The van der Waals surface area contributed by atoms with Gasteiger partial charge in [-0.3, -0.25) is 0 Å². The first-order valence-corrected chi connectivity index (χ1v) is 18.1. The molecule has 10 aromatic rings. The summed E-state index contributed by atoms with van der Waals surface area (Å²) in [6.07, 6.45) is 0. The molecule has 0 radical (unpaired) electrons. The molecule has 260 valence electrons. The van der Waals surface area contributed by atoms with Crippen molar-refractivity contribution in [2.75, 3.05) is 0 Å². The zero-order chi connectivity index (χ0) is 37.7. The number of fused-ring (bicyclic) bond motifs is 4. The molecule has 0 fully saturated rings. The van der Waals surface area contributed by atoms with Crippen molar-refractivity contribution in [2.45, 2.75) is 0 Å². The number of aromatic carboxylic acids is 4. The molecule has 0 atom stereocenters. The van der Waals surface area contributed by atoms with Crippen LogP contribution in [0.1, 0.15) is 41.4 Å². The molecule has 0 amide bonds. The fraction of sp³-hybridized carbons (Fsp3) is 0. The molecule has 0 aliphatic carbocycles. The van der Waals surface area contributed by atoms with E-state index in [9.17, 15) is 39.6 Å². The van der Waals surface area contributed by atoms with Crippen LogP contribution in [0.15, 0.2) is 118 Å². The largest absolute Gasteiger partial charge is 0.478 e. The minimum atomic E-state index is -1.28. The Balaban J connectivity index is 0.000000152. The maximum atomic E-state index is 11.9. The summed E-state index contributed by atoms with van der Waals surface area (Å²) in [5.41, 5.74) is -0.696. The molecule has 54 heavy (non-hydrogen) atoms. The molecule has 10 heteroatoms. The van der Waals surface area contributed by atoms with Crippen LogP contribution in [0.3, 0.4) is 0 Å². The van der Waals surface area contributed by atoms with Gasteiger partial charge in [0.25, 0.3) is 0 Å². The molecular formula is C44H22Br2O8. The maximum Gasteiger partial charge on any atom is 0.336 e. The maximum absolute atomic E-state index is 11.9. The van der Waals surface area contributed by atoms with E-state index in [0.717, 1.165) is 8.95 Å². The molecule has 8 nitrogen and oxygen atoms in total. The van der Waals surface area contributed by atoms with Gasteiger partial charge in [-0.1, -0.05) is 78.9 Å². The monoisotopic (exact) mass is 836 g/mol. The SMILES string of the molecule is Brc1cc2cccc3c4cccc5cccc(c(c1Br)c23)c54.O=C(O)c1ccc2c3ccc(C(=O)O)c4c(C(=O)O)ccc(c5ccc(C(=O)O)c1c25)c43. The second kappa shape index (κ2) is 12.1. The highest BCUT2D eigenvalue weighted by Crippen LogP contribution is 2.46. The zero-order valence-electron chi connectivity index (χ0n) is 27.6. The number of hydrogen-bond acceptors (Lipinski definition) is 4. The molecule has 0 saturated heterocycles. The summed E-state index contributed by atoms with van der Waals surface area (Å²) >= 11 is 7.50. The van der Waals surface area contributed by atoms with Crippen LogP contribution in [-0.2, 0) is 0 Å². The molecule has 0 aliphatic rings. The number of carboxylic acids is 4. The fourth-order valence-corrected chi connectivity index (χ4v) is 9.22. The zero-order valence-corrected chi connectivity index (χ0v) is 30.7. The average Bonchev–Trinajstić information content (AvgIpc) is 3.16. The highest BCUT2D eigenvalue weighted by atomic mass is 79.9. The van der Waals surface area contributed by atoms with Crippen molar-refractivity contribution in [3.8, 4) is 0 Å². The van der Waals surface area contributed by atoms with Crippen molar-refractivity contribution in [2.24, 2.45) is 0 Å². The van der Waals surface area contributed by atoms with Gasteiger partial charge in [-0.15, -0.1) is 0 Å². The van der Waals surface area contributed by atoms with Gasteiger partial charge in [-0.2, -0.15) is 0 Å². The Hall–Kier alpha value is -6.36. The Labute approximate surface area is 320 Å². The summed E-state index contributed by atoms with van der Waals surface area (Å²) in [4.78, 5) is 47.5. The quantitative estimate of drug-likeness (QED) is 0.101. The molecule has 10 rings (SSSR count). The van der Waals surface area contributed by atoms with E-state index in [0.29, 0.717) is 32.3 Å². The van der Waals surface area contributed by atoms with Crippen molar-refractivity contribution < 1.29 is 39.6 Å². The Morgan fingerprint density at radius 2 is 0.704 bits per heavy atom. The van der Waals surface area contributed by atoms with E-state index >= 15 is 0 Å². The van der Waals surface area contributed by atoms with Gasteiger partial charge < -0.3 is 20.4 Å². The first-order chi connectivity index (χ1) is 26.0. The topological polar surface area (TPSA) is 149 Å². The van der Waals surface area contributed by atoms with Crippen LogP contribution in [0, 0.1) is 0 Å². The summed E-state index contributed by atoms with van der Waals surface area (Å²) in [5, 5.41) is 52.2. The third-order valence-corrected chi connectivity index (χ3v) is 12.3. The molecule has 0 saturated carbocycles. The van der Waals surface area contributed by atoms with Crippen LogP contribution in [0.5, 0.6) is 0 Å². The summed E-state index contributed by atoms with van der Waals surface area (Å²) in [6, 6.07) is 33.3. The van der Waals surface area contributed by atoms with E-state index in [2.05, 4.69) is 92.5 Å². The minimum Gasteiger partial charge on any atom is -0.478 e. The van der Waals surface area contributed by atoms with Gasteiger partial charge in [0.05, 0.1) is 22.3 Å². The molecule has 10 aromatic carbocycles. The molecule has 0 aromatic heterocycles. The van der Waals surface area contributed by atoms with Crippen molar-refractivity contribution in [1.82, 2.24) is 0 Å². The van der Waals surface area contributed by atoms with Gasteiger partial charge in [0.15, 0.2) is 0 Å². The van der Waals surface area contributed by atoms with E-state index in [-0.39, 0.29) is 33.0 Å². The number of halogens is 2. The van der Waals surface area contributed by atoms with Crippen LogP contribution in [0.25, 0.3) is 86.2 Å². The first kappa shape index (κ1) is 33.5. The van der Waals surface area contributed by atoms with Gasteiger partial charge >= 0.3 is 23.9 Å². The van der Waals surface area contributed by atoms with Crippen LogP contribution < -0.4 is 0 Å². The molecular weight excluding hydrogens is 816 g/mol. The predicted molar refractivity (Wildman–Crippen MR) is 219 cm³/mol. The third kappa shape index (κ3) is 4.66. The van der Waals surface area contributed by atoms with Crippen molar-refractivity contribution in [3.05, 3.63) is 140 Å². The van der Waals surface area contributed by atoms with E-state index < -0.39 is 23.9 Å². The number of rotatable bonds is 4. The predicted octanol–water partition coefficient (Wildman–Crippen LogP) is 11.8. The van der Waals surface area contributed by atoms with Crippen LogP contribution in [0.4, 0.5) is 0 Å². The molecule has 0 spiro atoms. The summed E-state index contributed by atoms with van der Waals surface area (Å²) in [5.74, 6) is -5.13. The normalized spacial score (nSPS) is 11.7. The van der Waals surface area contributed by atoms with Crippen LogP contribution >= 0.6 is 31.9 Å². The highest BCUT2D eigenvalue weighted by Gasteiger charge is 2.25. The second-order valence-electron chi connectivity index (χ2n) is 13.0. The van der Waals surface area contributed by atoms with E-state index in [1.54, 1.807) is 0 Å². The molecule has 0 bridgehead atoms. The van der Waals surface area contributed by atoms with E-state index in [4.69, 9.17) is 0 Å². The lowest BCUT2D eigenvalue weighted by atomic mass is 9.84. The fourth-order valence-electron chi connectivity index (χ4n) is 8.25. The van der Waals surface area contributed by atoms with Crippen molar-refractivity contribution in [3.63, 3.8) is 0 Å². The average molecular weight is 838 g/mol. The number of carboxylic acid groups (broad SMARTS) is 4. The number of carbonyl (C=O) groups is 4. The molecule has 0 aliphatic heterocycles. The van der Waals surface area contributed by atoms with Crippen LogP contribution in [-0.4, -0.2) is 44.3 Å². The molecule has 0 heterocycles. The molecule has 0 unspecified atom stereocenters. The Bertz CT molecular complexity index is 3070. The highest BCUT2D eigenvalue weighted by molar-refractivity contribution is 9.13. The Morgan fingerprint density at radius 1 is 0.352 bits per heavy atom. The Kier molecular flexibility index (Phi) is 7.49. The van der Waals surface area contributed by atoms with Gasteiger partial charge in [0.1, 0.15) is 0 Å². The van der Waals surface area contributed by atoms with E-state index in [1.807, 2.05) is 0 Å². The summed E-state index contributed by atoms with van der Waals surface area (Å²) < 4.78 is 2.23. The number of benzene rings is 10. The second-order valence-corrected chi connectivity index (χ2v) is 14.7. The number of hydrogen-bond donors (Lipinski definition) is 4. The summed E-state index contributed by atoms with van der Waals surface area (Å²) in [6.45, 7) is 0. The van der Waals surface area contributed by atoms with Gasteiger partial charge in [0.2, 0.25) is 0 Å². The van der Waals surface area contributed by atoms with Gasteiger partial charge in [-0.05, 0) is 132 Å². The summed E-state index contributed by atoms with van der Waals surface area (Å²) in [7, 11) is 0. The first-order valence-electron chi connectivity index (χ1n) is 16.5. The lowest BCUT2D eigenvalue weighted by molar-refractivity contribution is 0.0681. The van der Waals surface area contributed by atoms with Crippen LogP contribution in [0.2, 0.25) is 0 Å². The van der Waals surface area contributed by atoms with Crippen molar-refractivity contribution >= 4 is 142 Å². The Morgan fingerprint density at radius 3 is 1.11 bits per heavy atom. The standard InChI is InChI=1S/C24H12O8.C20H10Br2/c25-21(26)13-5-1-9-10-2-6-15(23(29)30)20-16(24(31)32)8-4-12(18(10)20)11-3-7-14(22(27)28)19(13)17(9)11;21-16-10-12-6-3-8-14-13-7-1-4-11-5-2-9-15(17(11)13)19(18(12)14)20(16)22/h1-8H,(H,25,26)(H,27,28)(H,29,30)(H,31,32);1-10H.